The molecule has 1 aromatic carbocycles. The van der Waals surface area contributed by atoms with Gasteiger partial charge in [0.25, 0.3) is 0 Å². The monoisotopic (exact) mass is 204 g/mol. The summed E-state index contributed by atoms with van der Waals surface area (Å²) in [4.78, 5) is 13.3. The molecule has 0 aliphatic carbocycles. The number of carbonyl (C=O) groups is 1. The van der Waals surface area contributed by atoms with E-state index < -0.39 is 0 Å². The van der Waals surface area contributed by atoms with E-state index in [9.17, 15) is 4.79 Å². The molecule has 1 aromatic rings. The molecule has 1 fully saturated rings. The maximum absolute atomic E-state index is 11.4. The van der Waals surface area contributed by atoms with Crippen molar-refractivity contribution >= 4 is 11.6 Å². The largest absolute Gasteiger partial charge is 0.399 e. The van der Waals surface area contributed by atoms with Crippen molar-refractivity contribution in [3.05, 3.63) is 29.8 Å². The average Bonchev–Trinajstić information content (AvgIpc) is 2.61. The van der Waals surface area contributed by atoms with Crippen LogP contribution in [0.3, 0.4) is 0 Å². The molecule has 3 nitrogen and oxygen atoms in total. The number of hydrogen-bond donors (Lipinski definition) is 1. The molecule has 3 heteroatoms. The Kier molecular flexibility index (Phi) is 2.90. The summed E-state index contributed by atoms with van der Waals surface area (Å²) in [7, 11) is 0. The van der Waals surface area contributed by atoms with Crippen molar-refractivity contribution in [2.75, 3.05) is 18.8 Å². The van der Waals surface area contributed by atoms with Crippen molar-refractivity contribution in [3.8, 4) is 0 Å². The molecule has 0 saturated carbocycles. The summed E-state index contributed by atoms with van der Waals surface area (Å²) >= 11 is 0. The van der Waals surface area contributed by atoms with Crippen molar-refractivity contribution in [1.29, 1.82) is 0 Å². The van der Waals surface area contributed by atoms with Gasteiger partial charge in [-0.15, -0.1) is 0 Å². The Bertz CT molecular complexity index is 362. The maximum atomic E-state index is 11.4. The van der Waals surface area contributed by atoms with Crippen LogP contribution in [0.5, 0.6) is 0 Å². The highest BCUT2D eigenvalue weighted by Crippen LogP contribution is 2.12. The van der Waals surface area contributed by atoms with Crippen LogP contribution < -0.4 is 5.73 Å². The van der Waals surface area contributed by atoms with E-state index in [0.717, 1.165) is 38.0 Å². The van der Waals surface area contributed by atoms with Gasteiger partial charge in [-0.3, -0.25) is 4.79 Å². The number of anilines is 1. The van der Waals surface area contributed by atoms with Crippen LogP contribution in [0.2, 0.25) is 0 Å². The van der Waals surface area contributed by atoms with Gasteiger partial charge in [0, 0.05) is 25.2 Å². The van der Waals surface area contributed by atoms with E-state index in [1.807, 2.05) is 23.1 Å². The fourth-order valence-electron chi connectivity index (χ4n) is 1.95. The Morgan fingerprint density at radius 3 is 2.93 bits per heavy atom. The van der Waals surface area contributed by atoms with E-state index in [-0.39, 0.29) is 0 Å². The number of rotatable bonds is 3. The van der Waals surface area contributed by atoms with E-state index in [1.54, 1.807) is 0 Å². The number of nitrogens with two attached hydrogens (primary N) is 1. The summed E-state index contributed by atoms with van der Waals surface area (Å²) in [6.07, 6.45) is 2.63. The number of benzene rings is 1. The zero-order valence-corrected chi connectivity index (χ0v) is 8.78. The van der Waals surface area contributed by atoms with Gasteiger partial charge in [-0.05, 0) is 30.5 Å². The molecule has 1 aliphatic heterocycles. The summed E-state index contributed by atoms with van der Waals surface area (Å²) in [6, 6.07) is 7.86. The molecule has 2 rings (SSSR count). The molecular weight excluding hydrogens is 188 g/mol. The van der Waals surface area contributed by atoms with Gasteiger partial charge in [0.2, 0.25) is 5.91 Å². The fraction of sp³-hybridized carbons (Fsp3) is 0.417. The highest BCUT2D eigenvalue weighted by atomic mass is 16.2. The first kappa shape index (κ1) is 10.0. The van der Waals surface area contributed by atoms with Gasteiger partial charge in [-0.2, -0.15) is 0 Å². The van der Waals surface area contributed by atoms with Gasteiger partial charge in [-0.1, -0.05) is 12.1 Å². The lowest BCUT2D eigenvalue weighted by Gasteiger charge is -2.15. The Labute approximate surface area is 89.9 Å². The third kappa shape index (κ3) is 2.49. The van der Waals surface area contributed by atoms with E-state index >= 15 is 0 Å². The second-order valence-electron chi connectivity index (χ2n) is 3.98. The van der Waals surface area contributed by atoms with Crippen molar-refractivity contribution in [3.63, 3.8) is 0 Å². The Morgan fingerprint density at radius 1 is 1.40 bits per heavy atom. The smallest absolute Gasteiger partial charge is 0.222 e. The minimum atomic E-state index is 0.291. The molecule has 80 valence electrons. The summed E-state index contributed by atoms with van der Waals surface area (Å²) < 4.78 is 0. The van der Waals surface area contributed by atoms with E-state index in [2.05, 4.69) is 6.07 Å². The molecule has 1 heterocycles. The van der Waals surface area contributed by atoms with Gasteiger partial charge in [0.1, 0.15) is 0 Å². The number of nitrogens with zero attached hydrogens (tertiary/aromatic N) is 1. The predicted octanol–water partition coefficient (Wildman–Crippen LogP) is 1.43. The van der Waals surface area contributed by atoms with Crippen molar-refractivity contribution < 1.29 is 4.79 Å². The molecule has 1 aliphatic rings. The molecule has 15 heavy (non-hydrogen) atoms. The molecule has 0 aromatic heterocycles. The van der Waals surface area contributed by atoms with Gasteiger partial charge in [0.15, 0.2) is 0 Å². The van der Waals surface area contributed by atoms with Crippen molar-refractivity contribution in [2.45, 2.75) is 19.3 Å². The Hall–Kier alpha value is -1.51. The Morgan fingerprint density at radius 2 is 2.27 bits per heavy atom. The SMILES string of the molecule is Nc1cccc(CCN2CCCC2=O)c1. The predicted molar refractivity (Wildman–Crippen MR) is 60.4 cm³/mol. The second-order valence-corrected chi connectivity index (χ2v) is 3.98. The first-order valence-corrected chi connectivity index (χ1v) is 5.38. The number of carbonyl (C=O) groups excluding carboxylic acids is 1. The zero-order chi connectivity index (χ0) is 10.7. The molecule has 0 atom stereocenters. The van der Waals surface area contributed by atoms with Crippen LogP contribution in [0.1, 0.15) is 18.4 Å². The van der Waals surface area contributed by atoms with Crippen molar-refractivity contribution in [1.82, 2.24) is 4.90 Å². The molecule has 0 unspecified atom stereocenters. The molecule has 0 radical (unpaired) electrons. The topological polar surface area (TPSA) is 46.3 Å². The summed E-state index contributed by atoms with van der Waals surface area (Å²) in [5.41, 5.74) is 7.68. The lowest BCUT2D eigenvalue weighted by Crippen LogP contribution is -2.26. The molecule has 0 spiro atoms. The maximum Gasteiger partial charge on any atom is 0.222 e. The molecule has 1 amide bonds. The highest BCUT2D eigenvalue weighted by molar-refractivity contribution is 5.78. The van der Waals surface area contributed by atoms with Crippen LogP contribution in [0, 0.1) is 0 Å². The van der Waals surface area contributed by atoms with Gasteiger partial charge in [0.05, 0.1) is 0 Å². The summed E-state index contributed by atoms with van der Waals surface area (Å²) in [5.74, 6) is 0.291. The van der Waals surface area contributed by atoms with Crippen molar-refractivity contribution in [2.24, 2.45) is 0 Å². The van der Waals surface area contributed by atoms with Crippen LogP contribution >= 0.6 is 0 Å². The first-order chi connectivity index (χ1) is 7.25. The number of nitrogen functional groups attached to an aromatic ring is 1. The minimum absolute atomic E-state index is 0.291. The van der Waals surface area contributed by atoms with Crippen LogP contribution in [0.4, 0.5) is 5.69 Å². The van der Waals surface area contributed by atoms with Gasteiger partial charge in [-0.25, -0.2) is 0 Å². The molecule has 1 saturated heterocycles. The molecule has 0 bridgehead atoms. The average molecular weight is 204 g/mol. The third-order valence-corrected chi connectivity index (χ3v) is 2.79. The van der Waals surface area contributed by atoms with Gasteiger partial charge < -0.3 is 10.6 Å². The summed E-state index contributed by atoms with van der Waals surface area (Å²) in [5, 5.41) is 0. The van der Waals surface area contributed by atoms with E-state index in [1.165, 1.54) is 5.56 Å². The zero-order valence-electron chi connectivity index (χ0n) is 8.78. The highest BCUT2D eigenvalue weighted by Gasteiger charge is 2.19. The summed E-state index contributed by atoms with van der Waals surface area (Å²) in [6.45, 7) is 1.74. The molecule has 2 N–H and O–H groups in total. The third-order valence-electron chi connectivity index (χ3n) is 2.79. The van der Waals surface area contributed by atoms with Gasteiger partial charge >= 0.3 is 0 Å². The molecular formula is C12H16N2O. The number of hydrogen-bond acceptors (Lipinski definition) is 2. The number of amides is 1. The van der Waals surface area contributed by atoms with Crippen LogP contribution in [-0.2, 0) is 11.2 Å². The standard InChI is InChI=1S/C12H16N2O/c13-11-4-1-3-10(9-11)6-8-14-7-2-5-12(14)15/h1,3-4,9H,2,5-8,13H2. The van der Waals surface area contributed by atoms with Crippen LogP contribution in [0.25, 0.3) is 0 Å². The number of likely N-dealkylation sites (tertiary alicyclic amines) is 1. The minimum Gasteiger partial charge on any atom is -0.399 e. The second kappa shape index (κ2) is 4.34. The quantitative estimate of drug-likeness (QED) is 0.757. The van der Waals surface area contributed by atoms with Crippen LogP contribution in [0.15, 0.2) is 24.3 Å². The lowest BCUT2D eigenvalue weighted by molar-refractivity contribution is -0.127. The lowest BCUT2D eigenvalue weighted by atomic mass is 10.1. The van der Waals surface area contributed by atoms with E-state index in [4.69, 9.17) is 5.73 Å². The van der Waals surface area contributed by atoms with E-state index in [0.29, 0.717) is 5.91 Å². The first-order valence-electron chi connectivity index (χ1n) is 5.38. The Balaban J connectivity index is 1.90. The fourth-order valence-corrected chi connectivity index (χ4v) is 1.95. The normalized spacial score (nSPS) is 16.0. The van der Waals surface area contributed by atoms with Crippen LogP contribution in [-0.4, -0.2) is 23.9 Å².